The quantitative estimate of drug-likeness (QED) is 0.340. The molecule has 0 fully saturated rings. The van der Waals surface area contributed by atoms with E-state index in [-0.39, 0.29) is 29.9 Å². The van der Waals surface area contributed by atoms with Crippen molar-refractivity contribution >= 4 is 23.3 Å². The maximum Gasteiger partial charge on any atom is 0.308 e. The summed E-state index contributed by atoms with van der Waals surface area (Å²) in [6.45, 7) is 2.28. The highest BCUT2D eigenvalue weighted by molar-refractivity contribution is 5.95. The fourth-order valence-corrected chi connectivity index (χ4v) is 2.58. The van der Waals surface area contributed by atoms with Crippen LogP contribution in [0.15, 0.2) is 42.5 Å². The van der Waals surface area contributed by atoms with Gasteiger partial charge in [0, 0.05) is 18.2 Å². The molecule has 0 saturated heterocycles. The number of carboxylic acids is 1. The molecule has 2 aromatic rings. The van der Waals surface area contributed by atoms with Crippen LogP contribution in [0.25, 0.3) is 0 Å². The number of carbonyl (C=O) groups is 2. The molecule has 0 radical (unpaired) electrons. The standard InChI is InChI=1S/C19H21N3O6/c1-2-28-15-6-3-12(4-7-15)9-14(19(24)25)11-21-18(23)13-5-8-16(20)17(10-13)22(26)27/h3-8,10,14H,2,9,11,20H2,1H3,(H,21,23)(H,24,25). The molecule has 148 valence electrons. The van der Waals surface area contributed by atoms with E-state index in [0.717, 1.165) is 11.6 Å². The fourth-order valence-electron chi connectivity index (χ4n) is 2.58. The number of benzene rings is 2. The highest BCUT2D eigenvalue weighted by Gasteiger charge is 2.21. The predicted octanol–water partition coefficient (Wildman–Crippen LogP) is 2.25. The lowest BCUT2D eigenvalue weighted by Gasteiger charge is -2.14. The largest absolute Gasteiger partial charge is 0.494 e. The number of nitrogens with zero attached hydrogens (tertiary/aromatic N) is 1. The van der Waals surface area contributed by atoms with Crippen LogP contribution in [0.4, 0.5) is 11.4 Å². The van der Waals surface area contributed by atoms with Crippen molar-refractivity contribution in [2.75, 3.05) is 18.9 Å². The van der Waals surface area contributed by atoms with E-state index < -0.39 is 22.7 Å². The maximum absolute atomic E-state index is 12.2. The molecule has 1 atom stereocenters. The zero-order valence-electron chi connectivity index (χ0n) is 15.3. The number of hydrogen-bond acceptors (Lipinski definition) is 6. The number of carbonyl (C=O) groups excluding carboxylic acids is 1. The van der Waals surface area contributed by atoms with Gasteiger partial charge < -0.3 is 20.9 Å². The second-order valence-corrected chi connectivity index (χ2v) is 6.06. The van der Waals surface area contributed by atoms with Gasteiger partial charge in [-0.3, -0.25) is 19.7 Å². The van der Waals surface area contributed by atoms with Gasteiger partial charge in [0.1, 0.15) is 11.4 Å². The summed E-state index contributed by atoms with van der Waals surface area (Å²) in [5.74, 6) is -1.83. The summed E-state index contributed by atoms with van der Waals surface area (Å²) in [6.07, 6.45) is 0.212. The van der Waals surface area contributed by atoms with Gasteiger partial charge in [-0.1, -0.05) is 12.1 Å². The number of nitro groups is 1. The normalized spacial score (nSPS) is 11.5. The van der Waals surface area contributed by atoms with Crippen molar-refractivity contribution in [2.45, 2.75) is 13.3 Å². The zero-order valence-corrected chi connectivity index (χ0v) is 15.3. The molecule has 0 heterocycles. The van der Waals surface area contributed by atoms with Crippen LogP contribution >= 0.6 is 0 Å². The minimum absolute atomic E-state index is 0.0334. The van der Waals surface area contributed by atoms with Gasteiger partial charge in [-0.05, 0) is 43.2 Å². The second kappa shape index (κ2) is 9.36. The highest BCUT2D eigenvalue weighted by atomic mass is 16.6. The summed E-state index contributed by atoms with van der Waals surface area (Å²) in [7, 11) is 0. The first-order valence-corrected chi connectivity index (χ1v) is 8.58. The maximum atomic E-state index is 12.2. The average Bonchev–Trinajstić information content (AvgIpc) is 2.66. The Morgan fingerprint density at radius 1 is 1.25 bits per heavy atom. The molecule has 0 spiro atoms. The van der Waals surface area contributed by atoms with Gasteiger partial charge in [0.25, 0.3) is 11.6 Å². The van der Waals surface area contributed by atoms with Crippen molar-refractivity contribution in [3.8, 4) is 5.75 Å². The SMILES string of the molecule is CCOc1ccc(CC(CNC(=O)c2ccc(N)c([N+](=O)[O-])c2)C(=O)O)cc1. The second-order valence-electron chi connectivity index (χ2n) is 6.06. The molecule has 0 aliphatic carbocycles. The lowest BCUT2D eigenvalue weighted by molar-refractivity contribution is -0.383. The third kappa shape index (κ3) is 5.44. The summed E-state index contributed by atoms with van der Waals surface area (Å²) >= 11 is 0. The van der Waals surface area contributed by atoms with Crippen LogP contribution in [0.5, 0.6) is 5.75 Å². The molecule has 0 bridgehead atoms. The highest BCUT2D eigenvalue weighted by Crippen LogP contribution is 2.22. The summed E-state index contributed by atoms with van der Waals surface area (Å²) in [5, 5.41) is 22.9. The molecule has 0 aliphatic rings. The Morgan fingerprint density at radius 3 is 2.50 bits per heavy atom. The number of carboxylic acid groups (broad SMARTS) is 1. The number of hydrogen-bond donors (Lipinski definition) is 3. The minimum Gasteiger partial charge on any atom is -0.494 e. The predicted molar refractivity (Wildman–Crippen MR) is 102 cm³/mol. The number of anilines is 1. The van der Waals surface area contributed by atoms with Crippen molar-refractivity contribution in [3.05, 3.63) is 63.7 Å². The number of amides is 1. The van der Waals surface area contributed by atoms with E-state index in [2.05, 4.69) is 5.32 Å². The van der Waals surface area contributed by atoms with E-state index in [1.165, 1.54) is 12.1 Å². The first-order chi connectivity index (χ1) is 13.3. The van der Waals surface area contributed by atoms with Crippen LogP contribution in [-0.4, -0.2) is 35.1 Å². The zero-order chi connectivity index (χ0) is 20.7. The van der Waals surface area contributed by atoms with Gasteiger partial charge >= 0.3 is 5.97 Å². The summed E-state index contributed by atoms with van der Waals surface area (Å²) in [6, 6.07) is 10.7. The molecular formula is C19H21N3O6. The third-order valence-corrected chi connectivity index (χ3v) is 4.06. The molecule has 28 heavy (non-hydrogen) atoms. The fraction of sp³-hybridized carbons (Fsp3) is 0.263. The molecule has 4 N–H and O–H groups in total. The molecule has 1 amide bonds. The van der Waals surface area contributed by atoms with Crippen LogP contribution in [0.1, 0.15) is 22.8 Å². The number of ether oxygens (including phenoxy) is 1. The number of aliphatic carboxylic acids is 1. The van der Waals surface area contributed by atoms with Gasteiger partial charge in [-0.2, -0.15) is 0 Å². The molecule has 2 rings (SSSR count). The molecule has 9 heteroatoms. The molecule has 0 aliphatic heterocycles. The van der Waals surface area contributed by atoms with E-state index in [0.29, 0.717) is 12.4 Å². The number of rotatable bonds is 9. The third-order valence-electron chi connectivity index (χ3n) is 4.06. The molecule has 0 saturated carbocycles. The van der Waals surface area contributed by atoms with Crippen LogP contribution in [0.3, 0.4) is 0 Å². The van der Waals surface area contributed by atoms with Gasteiger partial charge in [0.2, 0.25) is 0 Å². The van der Waals surface area contributed by atoms with E-state index in [9.17, 15) is 24.8 Å². The molecular weight excluding hydrogens is 366 g/mol. The summed E-state index contributed by atoms with van der Waals surface area (Å²) < 4.78 is 5.35. The van der Waals surface area contributed by atoms with E-state index in [1.807, 2.05) is 6.92 Å². The van der Waals surface area contributed by atoms with Crippen LogP contribution in [-0.2, 0) is 11.2 Å². The smallest absolute Gasteiger partial charge is 0.308 e. The Balaban J connectivity index is 2.03. The van der Waals surface area contributed by atoms with Crippen LogP contribution in [0, 0.1) is 16.0 Å². The number of nitrogens with two attached hydrogens (primary N) is 1. The molecule has 0 aromatic heterocycles. The monoisotopic (exact) mass is 387 g/mol. The Kier molecular flexibility index (Phi) is 6.91. The number of nitrogens with one attached hydrogen (secondary N) is 1. The van der Waals surface area contributed by atoms with Crippen molar-refractivity contribution in [1.82, 2.24) is 5.32 Å². The average molecular weight is 387 g/mol. The molecule has 9 nitrogen and oxygen atoms in total. The van der Waals surface area contributed by atoms with Crippen molar-refractivity contribution in [2.24, 2.45) is 5.92 Å². The van der Waals surface area contributed by atoms with Crippen molar-refractivity contribution in [3.63, 3.8) is 0 Å². The van der Waals surface area contributed by atoms with Crippen molar-refractivity contribution < 1.29 is 24.4 Å². The van der Waals surface area contributed by atoms with Gasteiger partial charge in [0.15, 0.2) is 0 Å². The van der Waals surface area contributed by atoms with E-state index >= 15 is 0 Å². The lowest BCUT2D eigenvalue weighted by Crippen LogP contribution is -2.34. The van der Waals surface area contributed by atoms with E-state index in [1.54, 1.807) is 24.3 Å². The van der Waals surface area contributed by atoms with Crippen LogP contribution < -0.4 is 15.8 Å². The number of nitro benzene ring substituents is 1. The van der Waals surface area contributed by atoms with E-state index in [4.69, 9.17) is 10.5 Å². The summed E-state index contributed by atoms with van der Waals surface area (Å²) in [5.41, 5.74) is 5.89. The molecule has 2 aromatic carbocycles. The summed E-state index contributed by atoms with van der Waals surface area (Å²) in [4.78, 5) is 34.0. The molecule has 1 unspecified atom stereocenters. The minimum atomic E-state index is -1.06. The Bertz CT molecular complexity index is 866. The van der Waals surface area contributed by atoms with Gasteiger partial charge in [0.05, 0.1) is 17.4 Å². The Hall–Kier alpha value is -3.62. The number of nitrogen functional groups attached to an aromatic ring is 1. The van der Waals surface area contributed by atoms with Crippen molar-refractivity contribution in [1.29, 1.82) is 0 Å². The lowest BCUT2D eigenvalue weighted by atomic mass is 9.99. The first kappa shape index (κ1) is 20.7. The van der Waals surface area contributed by atoms with Gasteiger partial charge in [-0.15, -0.1) is 0 Å². The Labute approximate surface area is 161 Å². The van der Waals surface area contributed by atoms with Gasteiger partial charge in [-0.25, -0.2) is 0 Å². The Morgan fingerprint density at radius 2 is 1.93 bits per heavy atom. The first-order valence-electron chi connectivity index (χ1n) is 8.58. The van der Waals surface area contributed by atoms with Crippen LogP contribution in [0.2, 0.25) is 0 Å². The topological polar surface area (TPSA) is 145 Å².